The molecule has 0 bridgehead atoms. The summed E-state index contributed by atoms with van der Waals surface area (Å²) in [6.07, 6.45) is 2.10. The number of hydrogen-bond acceptors (Lipinski definition) is 5. The summed E-state index contributed by atoms with van der Waals surface area (Å²) in [5.74, 6) is 0.631. The van der Waals surface area contributed by atoms with Crippen molar-refractivity contribution in [3.05, 3.63) is 60.1 Å². The van der Waals surface area contributed by atoms with E-state index in [0.29, 0.717) is 12.3 Å². The van der Waals surface area contributed by atoms with Crippen molar-refractivity contribution >= 4 is 0 Å². The van der Waals surface area contributed by atoms with E-state index in [1.54, 1.807) is 6.26 Å². The van der Waals surface area contributed by atoms with Gasteiger partial charge in [-0.1, -0.05) is 30.3 Å². The summed E-state index contributed by atoms with van der Waals surface area (Å²) in [5, 5.41) is 10.4. The lowest BCUT2D eigenvalue weighted by Gasteiger charge is -2.29. The molecule has 1 atom stereocenters. The van der Waals surface area contributed by atoms with Gasteiger partial charge in [0.05, 0.1) is 19.5 Å². The third kappa shape index (κ3) is 5.97. The Bertz CT molecular complexity index is 582. The van der Waals surface area contributed by atoms with E-state index in [0.717, 1.165) is 52.4 Å². The Hall–Kier alpha value is -1.66. The van der Waals surface area contributed by atoms with Gasteiger partial charge in [-0.2, -0.15) is 0 Å². The molecule has 1 fully saturated rings. The molecule has 5 nitrogen and oxygen atoms in total. The summed E-state index contributed by atoms with van der Waals surface area (Å²) in [4.78, 5) is 4.76. The van der Waals surface area contributed by atoms with Gasteiger partial charge in [0.2, 0.25) is 0 Å². The van der Waals surface area contributed by atoms with Crippen molar-refractivity contribution in [3.63, 3.8) is 0 Å². The van der Waals surface area contributed by atoms with E-state index >= 15 is 0 Å². The summed E-state index contributed by atoms with van der Waals surface area (Å²) in [6, 6.07) is 14.1. The van der Waals surface area contributed by atoms with Crippen LogP contribution in [0.2, 0.25) is 0 Å². The van der Waals surface area contributed by atoms with Crippen LogP contribution in [0.1, 0.15) is 23.8 Å². The molecule has 1 aliphatic rings. The number of furan rings is 1. The lowest BCUT2D eigenvalue weighted by Crippen LogP contribution is -2.38. The van der Waals surface area contributed by atoms with Gasteiger partial charge >= 0.3 is 0 Å². The van der Waals surface area contributed by atoms with Crippen molar-refractivity contribution in [1.82, 2.24) is 9.80 Å². The van der Waals surface area contributed by atoms with Crippen LogP contribution in [0.5, 0.6) is 0 Å². The van der Waals surface area contributed by atoms with Crippen LogP contribution in [0.15, 0.2) is 53.1 Å². The minimum Gasteiger partial charge on any atom is -0.467 e. The van der Waals surface area contributed by atoms with E-state index in [9.17, 15) is 5.11 Å². The zero-order valence-electron chi connectivity index (χ0n) is 14.7. The molecule has 0 radical (unpaired) electrons. The number of ether oxygens (including phenoxy) is 1. The van der Waals surface area contributed by atoms with Crippen molar-refractivity contribution in [3.8, 4) is 0 Å². The summed E-state index contributed by atoms with van der Waals surface area (Å²) in [7, 11) is 0. The number of hydrogen-bond donors (Lipinski definition) is 1. The van der Waals surface area contributed by atoms with Gasteiger partial charge in [0.1, 0.15) is 11.9 Å². The van der Waals surface area contributed by atoms with Gasteiger partial charge in [-0.25, -0.2) is 0 Å². The lowest BCUT2D eigenvalue weighted by atomic mass is 10.2. The third-order valence-corrected chi connectivity index (χ3v) is 4.60. The summed E-state index contributed by atoms with van der Waals surface area (Å²) in [5.41, 5.74) is 1.26. The number of aliphatic hydroxyl groups is 1. The van der Waals surface area contributed by atoms with Crippen molar-refractivity contribution in [2.75, 3.05) is 45.9 Å². The molecule has 3 rings (SSSR count). The van der Waals surface area contributed by atoms with Crippen LogP contribution < -0.4 is 0 Å². The summed E-state index contributed by atoms with van der Waals surface area (Å²) in [6.45, 7) is 7.15. The molecular weight excluding hydrogens is 316 g/mol. The maximum Gasteiger partial charge on any atom is 0.133 e. The highest BCUT2D eigenvalue weighted by Gasteiger charge is 2.17. The predicted molar refractivity (Wildman–Crippen MR) is 97.3 cm³/mol. The summed E-state index contributed by atoms with van der Waals surface area (Å²) < 4.78 is 10.8. The van der Waals surface area contributed by atoms with Crippen LogP contribution in [0.4, 0.5) is 0 Å². The number of benzene rings is 1. The van der Waals surface area contributed by atoms with Crippen LogP contribution in [0, 0.1) is 0 Å². The molecular formula is C20H28N2O3. The molecule has 0 spiro atoms. The van der Waals surface area contributed by atoms with Crippen molar-refractivity contribution in [2.45, 2.75) is 19.1 Å². The van der Waals surface area contributed by atoms with E-state index < -0.39 is 6.10 Å². The zero-order chi connectivity index (χ0) is 17.3. The molecule has 1 N–H and O–H groups in total. The molecule has 0 unspecified atom stereocenters. The van der Waals surface area contributed by atoms with Crippen LogP contribution >= 0.6 is 0 Å². The van der Waals surface area contributed by atoms with Crippen LogP contribution in [-0.4, -0.2) is 60.8 Å². The number of nitrogens with zero attached hydrogens (tertiary/aromatic N) is 2. The van der Waals surface area contributed by atoms with Crippen molar-refractivity contribution in [1.29, 1.82) is 0 Å². The maximum atomic E-state index is 10.4. The molecule has 1 saturated heterocycles. The molecule has 136 valence electrons. The van der Waals surface area contributed by atoms with Gasteiger partial charge in [0, 0.05) is 26.2 Å². The topological polar surface area (TPSA) is 49.1 Å². The Labute approximate surface area is 149 Å². The first-order valence-corrected chi connectivity index (χ1v) is 9.09. The first kappa shape index (κ1) is 18.1. The lowest BCUT2D eigenvalue weighted by molar-refractivity contribution is 0.0344. The molecule has 1 aliphatic heterocycles. The van der Waals surface area contributed by atoms with Crippen LogP contribution in [0.3, 0.4) is 0 Å². The number of rotatable bonds is 9. The molecule has 5 heteroatoms. The van der Waals surface area contributed by atoms with E-state index in [2.05, 4.69) is 34.1 Å². The Morgan fingerprint density at radius 3 is 2.60 bits per heavy atom. The average Bonchev–Trinajstić information content (AvgIpc) is 3.18. The van der Waals surface area contributed by atoms with Crippen LogP contribution in [0.25, 0.3) is 0 Å². The standard InChI is InChI=1S/C20H28N2O3/c23-19(20-8-4-13-25-20)17-22(16-18-6-2-1-3-7-18)10-5-9-21-11-14-24-15-12-21/h1-4,6-8,13,19,23H,5,9-12,14-17H2/t19-/m1/s1. The highest BCUT2D eigenvalue weighted by molar-refractivity contribution is 5.14. The van der Waals surface area contributed by atoms with Gasteiger partial charge in [-0.05, 0) is 37.2 Å². The van der Waals surface area contributed by atoms with Gasteiger partial charge in [0.25, 0.3) is 0 Å². The first-order valence-electron chi connectivity index (χ1n) is 9.09. The quantitative estimate of drug-likeness (QED) is 0.757. The first-order chi connectivity index (χ1) is 12.3. The van der Waals surface area contributed by atoms with Crippen LogP contribution in [-0.2, 0) is 11.3 Å². The fourth-order valence-corrected chi connectivity index (χ4v) is 3.23. The molecule has 1 aromatic heterocycles. The smallest absolute Gasteiger partial charge is 0.133 e. The van der Waals surface area contributed by atoms with Crippen molar-refractivity contribution < 1.29 is 14.3 Å². The Balaban J connectivity index is 1.53. The highest BCUT2D eigenvalue weighted by Crippen LogP contribution is 2.16. The Morgan fingerprint density at radius 1 is 1.08 bits per heavy atom. The van der Waals surface area contributed by atoms with Crippen molar-refractivity contribution in [2.24, 2.45) is 0 Å². The minimum atomic E-state index is -0.595. The van der Waals surface area contributed by atoms with E-state index in [4.69, 9.17) is 9.15 Å². The van der Waals surface area contributed by atoms with Gasteiger partial charge in [-0.15, -0.1) is 0 Å². The normalized spacial score (nSPS) is 17.0. The maximum absolute atomic E-state index is 10.4. The third-order valence-electron chi connectivity index (χ3n) is 4.60. The monoisotopic (exact) mass is 344 g/mol. The summed E-state index contributed by atoms with van der Waals surface area (Å²) >= 11 is 0. The molecule has 1 aromatic carbocycles. The fourth-order valence-electron chi connectivity index (χ4n) is 3.23. The second kappa shape index (κ2) is 9.73. The minimum absolute atomic E-state index is 0.575. The second-order valence-electron chi connectivity index (χ2n) is 6.56. The highest BCUT2D eigenvalue weighted by atomic mass is 16.5. The van der Waals surface area contributed by atoms with E-state index in [-0.39, 0.29) is 0 Å². The molecule has 0 aliphatic carbocycles. The molecule has 0 saturated carbocycles. The van der Waals surface area contributed by atoms with E-state index in [1.165, 1.54) is 5.56 Å². The number of morpholine rings is 1. The SMILES string of the molecule is O[C@H](CN(CCCN1CCOCC1)Cc1ccccc1)c1ccco1. The predicted octanol–water partition coefficient (Wildman–Crippen LogP) is 2.54. The van der Waals surface area contributed by atoms with Gasteiger partial charge in [-0.3, -0.25) is 9.80 Å². The molecule has 2 aromatic rings. The van der Waals surface area contributed by atoms with Gasteiger partial charge in [0.15, 0.2) is 0 Å². The zero-order valence-corrected chi connectivity index (χ0v) is 14.7. The molecule has 0 amide bonds. The Kier molecular flexibility index (Phi) is 7.06. The largest absolute Gasteiger partial charge is 0.467 e. The van der Waals surface area contributed by atoms with E-state index in [1.807, 2.05) is 18.2 Å². The fraction of sp³-hybridized carbons (Fsp3) is 0.500. The second-order valence-corrected chi connectivity index (χ2v) is 6.56. The average molecular weight is 344 g/mol. The molecule has 2 heterocycles. The van der Waals surface area contributed by atoms with Gasteiger partial charge < -0.3 is 14.3 Å². The number of aliphatic hydroxyl groups excluding tert-OH is 1. The Morgan fingerprint density at radius 2 is 1.88 bits per heavy atom. The molecule has 25 heavy (non-hydrogen) atoms.